The Morgan fingerprint density at radius 2 is 2.00 bits per heavy atom. The third-order valence-corrected chi connectivity index (χ3v) is 4.99. The van der Waals surface area contributed by atoms with Crippen LogP contribution < -0.4 is 0 Å². The zero-order valence-electron chi connectivity index (χ0n) is 10.2. The van der Waals surface area contributed by atoms with Crippen molar-refractivity contribution < 1.29 is 5.11 Å². The Morgan fingerprint density at radius 3 is 2.79 bits per heavy atom. The first-order valence-electron chi connectivity index (χ1n) is 5.79. The number of thiophene rings is 1. The lowest BCUT2D eigenvalue weighted by Crippen LogP contribution is -1.82. The average molecular weight is 309 g/mol. The largest absolute Gasteiger partial charge is 0.384 e. The third kappa shape index (κ3) is 4.59. The molecule has 2 aromatic rings. The number of benzene rings is 1. The molecule has 1 aromatic heterocycles. The minimum absolute atomic E-state index is 0.0888. The molecule has 1 N–H and O–H groups in total. The summed E-state index contributed by atoms with van der Waals surface area (Å²) >= 11 is 9.63. The molecule has 0 bridgehead atoms. The van der Waals surface area contributed by atoms with Gasteiger partial charge in [-0.1, -0.05) is 41.6 Å². The van der Waals surface area contributed by atoms with Gasteiger partial charge in [0.15, 0.2) is 0 Å². The van der Waals surface area contributed by atoms with Crippen molar-refractivity contribution in [3.8, 4) is 11.8 Å². The van der Waals surface area contributed by atoms with Crippen LogP contribution in [-0.4, -0.2) is 11.7 Å². The summed E-state index contributed by atoms with van der Waals surface area (Å²) < 4.78 is 0. The first kappa shape index (κ1) is 14.5. The normalized spacial score (nSPS) is 10.0. The number of hydrogen-bond acceptors (Lipinski definition) is 3. The van der Waals surface area contributed by atoms with Gasteiger partial charge in [-0.05, 0) is 23.8 Å². The first-order chi connectivity index (χ1) is 9.29. The van der Waals surface area contributed by atoms with E-state index in [4.69, 9.17) is 16.7 Å². The van der Waals surface area contributed by atoms with Crippen molar-refractivity contribution in [1.82, 2.24) is 0 Å². The molecular formula is C15H13ClOS2. The lowest BCUT2D eigenvalue weighted by molar-refractivity contribution is 0.350. The van der Waals surface area contributed by atoms with Crippen LogP contribution in [0.3, 0.4) is 0 Å². The first-order valence-corrected chi connectivity index (χ1v) is 8.14. The maximum absolute atomic E-state index is 8.64. The molecule has 98 valence electrons. The number of thioether (sulfide) groups is 1. The second kappa shape index (κ2) is 7.62. The molecule has 0 atom stereocenters. The number of aliphatic hydroxyl groups is 1. The SMILES string of the molecule is OCC#Cc1ccc(CSCc2ccccc2Cl)s1. The number of hydrogen-bond donors (Lipinski definition) is 1. The molecular weight excluding hydrogens is 296 g/mol. The van der Waals surface area contributed by atoms with Crippen LogP contribution >= 0.6 is 34.7 Å². The van der Waals surface area contributed by atoms with Gasteiger partial charge >= 0.3 is 0 Å². The summed E-state index contributed by atoms with van der Waals surface area (Å²) in [5, 5.41) is 9.47. The summed E-state index contributed by atoms with van der Waals surface area (Å²) in [7, 11) is 0. The van der Waals surface area contributed by atoms with Crippen LogP contribution in [0, 0.1) is 11.8 Å². The molecule has 4 heteroatoms. The minimum atomic E-state index is -0.0888. The topological polar surface area (TPSA) is 20.2 Å². The van der Waals surface area contributed by atoms with Gasteiger partial charge in [-0.25, -0.2) is 0 Å². The molecule has 1 aromatic carbocycles. The van der Waals surface area contributed by atoms with Gasteiger partial charge < -0.3 is 5.11 Å². The summed E-state index contributed by atoms with van der Waals surface area (Å²) in [6, 6.07) is 12.0. The molecule has 0 spiro atoms. The number of rotatable bonds is 4. The predicted octanol–water partition coefficient (Wildman–Crippen LogP) is 4.18. The molecule has 0 saturated heterocycles. The maximum Gasteiger partial charge on any atom is 0.104 e. The number of aliphatic hydroxyl groups excluding tert-OH is 1. The lowest BCUT2D eigenvalue weighted by Gasteiger charge is -2.02. The van der Waals surface area contributed by atoms with E-state index in [0.29, 0.717) is 0 Å². The Bertz CT molecular complexity index is 595. The fraction of sp³-hybridized carbons (Fsp3) is 0.200. The Kier molecular flexibility index (Phi) is 5.81. The summed E-state index contributed by atoms with van der Waals surface area (Å²) in [6.45, 7) is -0.0888. The van der Waals surface area contributed by atoms with Crippen LogP contribution in [0.4, 0.5) is 0 Å². The second-order valence-electron chi connectivity index (χ2n) is 3.81. The number of halogens is 1. The van der Waals surface area contributed by atoms with Gasteiger partial charge in [0.05, 0.1) is 4.88 Å². The molecule has 0 fully saturated rings. The van der Waals surface area contributed by atoms with E-state index in [0.717, 1.165) is 21.4 Å². The van der Waals surface area contributed by atoms with E-state index in [2.05, 4.69) is 24.0 Å². The molecule has 19 heavy (non-hydrogen) atoms. The van der Waals surface area contributed by atoms with E-state index in [1.807, 2.05) is 36.0 Å². The summed E-state index contributed by atoms with van der Waals surface area (Å²) in [5.74, 6) is 7.45. The van der Waals surface area contributed by atoms with Gasteiger partial charge in [0.2, 0.25) is 0 Å². The van der Waals surface area contributed by atoms with Gasteiger partial charge in [-0.2, -0.15) is 11.8 Å². The molecule has 0 saturated carbocycles. The zero-order valence-corrected chi connectivity index (χ0v) is 12.6. The lowest BCUT2D eigenvalue weighted by atomic mass is 10.2. The maximum atomic E-state index is 8.64. The van der Waals surface area contributed by atoms with Gasteiger partial charge in [0.1, 0.15) is 6.61 Å². The van der Waals surface area contributed by atoms with Crippen LogP contribution in [0.2, 0.25) is 5.02 Å². The van der Waals surface area contributed by atoms with Crippen molar-refractivity contribution in [2.45, 2.75) is 11.5 Å². The summed E-state index contributed by atoms with van der Waals surface area (Å²) in [4.78, 5) is 2.29. The Hall–Kier alpha value is -0.920. The highest BCUT2D eigenvalue weighted by Gasteiger charge is 2.01. The van der Waals surface area contributed by atoms with Crippen molar-refractivity contribution in [2.24, 2.45) is 0 Å². The van der Waals surface area contributed by atoms with Crippen molar-refractivity contribution in [3.05, 3.63) is 56.7 Å². The van der Waals surface area contributed by atoms with Crippen molar-refractivity contribution in [2.75, 3.05) is 6.61 Å². The molecule has 0 aliphatic rings. The highest BCUT2D eigenvalue weighted by atomic mass is 35.5. The molecule has 0 amide bonds. The molecule has 0 radical (unpaired) electrons. The quantitative estimate of drug-likeness (QED) is 0.855. The molecule has 0 unspecified atom stereocenters. The molecule has 2 rings (SSSR count). The van der Waals surface area contributed by atoms with E-state index in [1.165, 1.54) is 10.4 Å². The van der Waals surface area contributed by atoms with Crippen molar-refractivity contribution in [1.29, 1.82) is 0 Å². The van der Waals surface area contributed by atoms with E-state index in [9.17, 15) is 0 Å². The highest BCUT2D eigenvalue weighted by Crippen LogP contribution is 2.26. The van der Waals surface area contributed by atoms with E-state index >= 15 is 0 Å². The fourth-order valence-corrected chi connectivity index (χ4v) is 3.84. The highest BCUT2D eigenvalue weighted by molar-refractivity contribution is 7.97. The molecule has 1 heterocycles. The predicted molar refractivity (Wildman–Crippen MR) is 84.7 cm³/mol. The summed E-state index contributed by atoms with van der Waals surface area (Å²) in [5.41, 5.74) is 1.17. The monoisotopic (exact) mass is 308 g/mol. The van der Waals surface area contributed by atoms with Gasteiger partial charge in [-0.15, -0.1) is 11.3 Å². The van der Waals surface area contributed by atoms with Gasteiger partial charge in [0.25, 0.3) is 0 Å². The van der Waals surface area contributed by atoms with Crippen molar-refractivity contribution >= 4 is 34.7 Å². The van der Waals surface area contributed by atoms with Gasteiger partial charge in [0, 0.05) is 21.4 Å². The molecule has 0 aliphatic heterocycles. The molecule has 1 nitrogen and oxygen atoms in total. The van der Waals surface area contributed by atoms with Crippen LogP contribution in [-0.2, 0) is 11.5 Å². The zero-order chi connectivity index (χ0) is 13.5. The average Bonchev–Trinajstić information content (AvgIpc) is 2.86. The second-order valence-corrected chi connectivity index (χ2v) is 6.37. The van der Waals surface area contributed by atoms with Gasteiger partial charge in [-0.3, -0.25) is 0 Å². The Morgan fingerprint density at radius 1 is 1.16 bits per heavy atom. The standard InChI is InChI=1S/C15H13ClOS2/c16-15-6-2-1-4-12(15)10-18-11-14-8-7-13(19-14)5-3-9-17/h1-2,4,6-8,17H,9-11H2. The van der Waals surface area contributed by atoms with Crippen molar-refractivity contribution in [3.63, 3.8) is 0 Å². The summed E-state index contributed by atoms with van der Waals surface area (Å²) in [6.07, 6.45) is 0. The van der Waals surface area contributed by atoms with E-state index in [1.54, 1.807) is 11.3 Å². The molecule has 0 aliphatic carbocycles. The Labute approximate surface area is 126 Å². The van der Waals surface area contributed by atoms with E-state index in [-0.39, 0.29) is 6.61 Å². The Balaban J connectivity index is 1.86. The van der Waals surface area contributed by atoms with E-state index < -0.39 is 0 Å². The van der Waals surface area contributed by atoms with Crippen LogP contribution in [0.25, 0.3) is 0 Å². The minimum Gasteiger partial charge on any atom is -0.384 e. The van der Waals surface area contributed by atoms with Crippen LogP contribution in [0.15, 0.2) is 36.4 Å². The van der Waals surface area contributed by atoms with Crippen LogP contribution in [0.1, 0.15) is 15.3 Å². The fourth-order valence-electron chi connectivity index (χ4n) is 1.53. The van der Waals surface area contributed by atoms with Crippen LogP contribution in [0.5, 0.6) is 0 Å². The third-order valence-electron chi connectivity index (χ3n) is 2.41. The smallest absolute Gasteiger partial charge is 0.104 e.